The van der Waals surface area contributed by atoms with Gasteiger partial charge in [-0.2, -0.15) is 4.99 Å². The van der Waals surface area contributed by atoms with Gasteiger partial charge in [0.05, 0.1) is 5.92 Å². The average Bonchev–Trinajstić information content (AvgIpc) is 2.17. The Bertz CT molecular complexity index is 293. The smallest absolute Gasteiger partial charge is 0.255 e. The highest BCUT2D eigenvalue weighted by Gasteiger charge is 2.49. The van der Waals surface area contributed by atoms with E-state index < -0.39 is 23.3 Å². The molecule has 64 valence electrons. The van der Waals surface area contributed by atoms with E-state index in [0.717, 1.165) is 0 Å². The molecular weight excluding hydrogens is 160 g/mol. The molecule has 1 aliphatic heterocycles. The number of hydrogen-bond donors (Lipinski definition) is 1. The van der Waals surface area contributed by atoms with Gasteiger partial charge >= 0.3 is 0 Å². The fourth-order valence-electron chi connectivity index (χ4n) is 1.04. The Morgan fingerprint density at radius 2 is 2.17 bits per heavy atom. The third-order valence-corrected chi connectivity index (χ3v) is 2.21. The number of hydrogen-bond acceptors (Lipinski definition) is 4. The summed E-state index contributed by atoms with van der Waals surface area (Å²) in [5.41, 5.74) is -1.27. The molecule has 0 saturated carbocycles. The molecule has 0 bridgehead atoms. The quantitative estimate of drug-likeness (QED) is 0.322. The molecular formula is C7H8N2O3. The summed E-state index contributed by atoms with van der Waals surface area (Å²) in [7, 11) is 0. The lowest BCUT2D eigenvalue weighted by Crippen LogP contribution is -2.36. The van der Waals surface area contributed by atoms with Gasteiger partial charge in [-0.25, -0.2) is 4.79 Å². The van der Waals surface area contributed by atoms with Gasteiger partial charge in [0, 0.05) is 0 Å². The van der Waals surface area contributed by atoms with E-state index in [-0.39, 0.29) is 0 Å². The van der Waals surface area contributed by atoms with Crippen LogP contribution in [0.4, 0.5) is 0 Å². The van der Waals surface area contributed by atoms with Gasteiger partial charge in [0.25, 0.3) is 5.91 Å². The van der Waals surface area contributed by atoms with Gasteiger partial charge in [0.1, 0.15) is 0 Å². The fraction of sp³-hybridized carbons (Fsp3) is 0.571. The molecule has 0 aromatic heterocycles. The lowest BCUT2D eigenvalue weighted by molar-refractivity contribution is -0.126. The Hall–Kier alpha value is -1.48. The van der Waals surface area contributed by atoms with E-state index >= 15 is 0 Å². The largest absolute Gasteiger partial charge is 0.294 e. The molecule has 2 amide bonds. The van der Waals surface area contributed by atoms with E-state index in [2.05, 4.69) is 10.3 Å². The van der Waals surface area contributed by atoms with Gasteiger partial charge in [-0.1, -0.05) is 6.92 Å². The molecule has 0 aromatic carbocycles. The molecule has 5 nitrogen and oxygen atoms in total. The Morgan fingerprint density at radius 3 is 2.50 bits per heavy atom. The molecule has 1 heterocycles. The van der Waals surface area contributed by atoms with Crippen LogP contribution in [-0.4, -0.2) is 23.4 Å². The molecule has 5 heteroatoms. The van der Waals surface area contributed by atoms with Crippen LogP contribution in [0.1, 0.15) is 13.8 Å². The molecule has 2 atom stereocenters. The minimum atomic E-state index is -1.27. The lowest BCUT2D eigenvalue weighted by atomic mass is 9.91. The van der Waals surface area contributed by atoms with Crippen molar-refractivity contribution < 1.29 is 14.4 Å². The molecule has 1 saturated heterocycles. The third-order valence-electron chi connectivity index (χ3n) is 2.21. The maximum absolute atomic E-state index is 11.1. The summed E-state index contributed by atoms with van der Waals surface area (Å²) in [5.74, 6) is -1.55. The first-order valence-electron chi connectivity index (χ1n) is 3.46. The minimum absolute atomic E-state index is 0.401. The molecule has 0 aromatic rings. The zero-order chi connectivity index (χ0) is 9.35. The van der Waals surface area contributed by atoms with Gasteiger partial charge in [-0.15, -0.1) is 0 Å². The van der Waals surface area contributed by atoms with Crippen molar-refractivity contribution in [1.82, 2.24) is 5.32 Å². The average molecular weight is 168 g/mol. The van der Waals surface area contributed by atoms with E-state index in [1.807, 2.05) is 0 Å². The summed E-state index contributed by atoms with van der Waals surface area (Å²) in [6, 6.07) is 0. The van der Waals surface area contributed by atoms with Crippen LogP contribution in [0.5, 0.6) is 0 Å². The number of aliphatic imine (C=N–C) groups is 1. The van der Waals surface area contributed by atoms with Gasteiger partial charge in [0.15, 0.2) is 5.54 Å². The van der Waals surface area contributed by atoms with E-state index in [1.54, 1.807) is 6.92 Å². The van der Waals surface area contributed by atoms with Crippen LogP contribution >= 0.6 is 0 Å². The van der Waals surface area contributed by atoms with E-state index in [4.69, 9.17) is 0 Å². The van der Waals surface area contributed by atoms with Crippen molar-refractivity contribution in [3.8, 4) is 0 Å². The lowest BCUT2D eigenvalue weighted by Gasteiger charge is -2.15. The van der Waals surface area contributed by atoms with Gasteiger partial charge in [-0.05, 0) is 6.92 Å². The first-order valence-corrected chi connectivity index (χ1v) is 3.46. The summed E-state index contributed by atoms with van der Waals surface area (Å²) in [4.78, 5) is 35.4. The van der Waals surface area contributed by atoms with E-state index in [9.17, 15) is 14.4 Å². The Balaban J connectivity index is 3.11. The first kappa shape index (κ1) is 8.62. The molecule has 0 radical (unpaired) electrons. The van der Waals surface area contributed by atoms with Crippen molar-refractivity contribution in [1.29, 1.82) is 0 Å². The van der Waals surface area contributed by atoms with Crippen molar-refractivity contribution in [3.05, 3.63) is 0 Å². The second kappa shape index (κ2) is 2.53. The second-order valence-electron chi connectivity index (χ2n) is 2.89. The highest BCUT2D eigenvalue weighted by atomic mass is 16.2. The number of amides is 2. The third kappa shape index (κ3) is 0.950. The zero-order valence-electron chi connectivity index (χ0n) is 6.75. The number of rotatable bonds is 1. The predicted octanol–water partition coefficient (Wildman–Crippen LogP) is -0.627. The van der Waals surface area contributed by atoms with Crippen LogP contribution in [0.15, 0.2) is 4.99 Å². The molecule has 1 fully saturated rings. The molecule has 1 rings (SSSR count). The summed E-state index contributed by atoms with van der Waals surface area (Å²) in [6.45, 7) is 2.98. The molecule has 1 N–H and O–H groups in total. The Morgan fingerprint density at radius 1 is 1.58 bits per heavy atom. The standard InChI is InChI=1S/C7H8N2O3/c1-4-5(11)9-6(12)7(4,2)8-3-10/h4H,1-2H3,(H,9,11,12). The van der Waals surface area contributed by atoms with Gasteiger partial charge < -0.3 is 0 Å². The molecule has 2 unspecified atom stereocenters. The van der Waals surface area contributed by atoms with Crippen molar-refractivity contribution in [2.24, 2.45) is 10.9 Å². The SMILES string of the molecule is CC1C(=O)NC(=O)C1(C)N=C=O. The first-order chi connectivity index (χ1) is 5.52. The van der Waals surface area contributed by atoms with Gasteiger partial charge in [0.2, 0.25) is 12.0 Å². The van der Waals surface area contributed by atoms with Crippen LogP contribution in [-0.2, 0) is 14.4 Å². The Labute approximate surface area is 68.9 Å². The predicted molar refractivity (Wildman–Crippen MR) is 38.8 cm³/mol. The summed E-state index contributed by atoms with van der Waals surface area (Å²) < 4.78 is 0. The van der Waals surface area contributed by atoms with E-state index in [1.165, 1.54) is 13.0 Å². The fourth-order valence-corrected chi connectivity index (χ4v) is 1.04. The van der Waals surface area contributed by atoms with Crippen molar-refractivity contribution in [3.63, 3.8) is 0 Å². The molecule has 0 aliphatic carbocycles. The maximum atomic E-state index is 11.1. The van der Waals surface area contributed by atoms with Crippen molar-refractivity contribution in [2.45, 2.75) is 19.4 Å². The van der Waals surface area contributed by atoms with Gasteiger partial charge in [-0.3, -0.25) is 14.9 Å². The van der Waals surface area contributed by atoms with Crippen LogP contribution < -0.4 is 5.32 Å². The number of isocyanates is 1. The molecule has 1 aliphatic rings. The molecule has 12 heavy (non-hydrogen) atoms. The number of nitrogens with zero attached hydrogens (tertiary/aromatic N) is 1. The second-order valence-corrected chi connectivity index (χ2v) is 2.89. The number of nitrogens with one attached hydrogen (secondary N) is 1. The maximum Gasteiger partial charge on any atom is 0.255 e. The topological polar surface area (TPSA) is 75.6 Å². The summed E-state index contributed by atoms with van der Waals surface area (Å²) >= 11 is 0. The van der Waals surface area contributed by atoms with Crippen LogP contribution in [0.2, 0.25) is 0 Å². The highest BCUT2D eigenvalue weighted by molar-refractivity contribution is 6.09. The number of imide groups is 1. The summed E-state index contributed by atoms with van der Waals surface area (Å²) in [6.07, 6.45) is 1.29. The normalized spacial score (nSPS) is 34.3. The van der Waals surface area contributed by atoms with Crippen LogP contribution in [0, 0.1) is 5.92 Å². The van der Waals surface area contributed by atoms with Crippen molar-refractivity contribution >= 4 is 17.9 Å². The van der Waals surface area contributed by atoms with Crippen LogP contribution in [0.25, 0.3) is 0 Å². The number of carbonyl (C=O) groups excluding carboxylic acids is 3. The summed E-state index contributed by atoms with van der Waals surface area (Å²) in [5, 5.41) is 2.09. The molecule has 0 spiro atoms. The Kier molecular flexibility index (Phi) is 1.82. The zero-order valence-corrected chi connectivity index (χ0v) is 6.75. The monoisotopic (exact) mass is 168 g/mol. The van der Waals surface area contributed by atoms with E-state index in [0.29, 0.717) is 0 Å². The highest BCUT2D eigenvalue weighted by Crippen LogP contribution is 2.26. The van der Waals surface area contributed by atoms with Crippen LogP contribution in [0.3, 0.4) is 0 Å². The van der Waals surface area contributed by atoms with Crippen molar-refractivity contribution in [2.75, 3.05) is 0 Å². The number of carbonyl (C=O) groups is 2. The minimum Gasteiger partial charge on any atom is -0.294 e.